The van der Waals surface area contributed by atoms with Gasteiger partial charge < -0.3 is 20.3 Å². The Morgan fingerprint density at radius 2 is 2.11 bits per heavy atom. The molecule has 1 aromatic rings. The van der Waals surface area contributed by atoms with Crippen molar-refractivity contribution in [3.05, 3.63) is 29.8 Å². The number of benzene rings is 1. The second kappa shape index (κ2) is 8.01. The van der Waals surface area contributed by atoms with Crippen LogP contribution in [0.4, 0.5) is 4.79 Å². The zero-order chi connectivity index (χ0) is 14.1. The third-order valence-electron chi connectivity index (χ3n) is 2.44. The van der Waals surface area contributed by atoms with Crippen LogP contribution < -0.4 is 10.1 Å². The normalized spacial score (nSPS) is 11.1. The molecule has 1 atom stereocenters. The number of nitrogens with one attached hydrogen (secondary N) is 1. The quantitative estimate of drug-likeness (QED) is 0.675. The molecular weight excluding hydrogens is 246 g/mol. The van der Waals surface area contributed by atoms with Crippen molar-refractivity contribution in [2.75, 3.05) is 13.2 Å². The van der Waals surface area contributed by atoms with Crippen LogP contribution in [-0.4, -0.2) is 35.6 Å². The Morgan fingerprint density at radius 1 is 1.42 bits per heavy atom. The molecule has 0 spiro atoms. The molecule has 5 heteroatoms. The average molecular weight is 263 g/mol. The van der Waals surface area contributed by atoms with Crippen molar-refractivity contribution < 1.29 is 19.7 Å². The minimum absolute atomic E-state index is 0.239. The van der Waals surface area contributed by atoms with Gasteiger partial charge in [0, 0.05) is 0 Å². The molecule has 0 saturated heterocycles. The Bertz CT molecular complexity index is 459. The topological polar surface area (TPSA) is 78.8 Å². The van der Waals surface area contributed by atoms with E-state index in [0.29, 0.717) is 18.8 Å². The van der Waals surface area contributed by atoms with Crippen molar-refractivity contribution in [3.8, 4) is 17.6 Å². The molecule has 0 unspecified atom stereocenters. The summed E-state index contributed by atoms with van der Waals surface area (Å²) in [5, 5.41) is 19.9. The first-order valence-electron chi connectivity index (χ1n) is 5.87. The van der Waals surface area contributed by atoms with Gasteiger partial charge in [0.25, 0.3) is 0 Å². The predicted octanol–water partition coefficient (Wildman–Crippen LogP) is 1.26. The predicted molar refractivity (Wildman–Crippen MR) is 71.1 cm³/mol. The van der Waals surface area contributed by atoms with Gasteiger partial charge in [-0.25, -0.2) is 4.79 Å². The van der Waals surface area contributed by atoms with Crippen LogP contribution in [0.15, 0.2) is 24.3 Å². The molecule has 0 aliphatic carbocycles. The Morgan fingerprint density at radius 3 is 2.63 bits per heavy atom. The van der Waals surface area contributed by atoms with E-state index in [2.05, 4.69) is 17.2 Å². The molecule has 0 saturated carbocycles. The van der Waals surface area contributed by atoms with E-state index in [1.807, 2.05) is 12.1 Å². The number of carboxylic acid groups (broad SMARTS) is 1. The lowest BCUT2D eigenvalue weighted by molar-refractivity contribution is 0.177. The molecule has 5 nitrogen and oxygen atoms in total. The fourth-order valence-corrected chi connectivity index (χ4v) is 1.53. The van der Waals surface area contributed by atoms with Crippen molar-refractivity contribution in [2.45, 2.75) is 19.4 Å². The average Bonchev–Trinajstić information content (AvgIpc) is 2.39. The first-order chi connectivity index (χ1) is 9.15. The summed E-state index contributed by atoms with van der Waals surface area (Å²) < 4.78 is 5.36. The van der Waals surface area contributed by atoms with Crippen LogP contribution in [0.1, 0.15) is 12.5 Å². The van der Waals surface area contributed by atoms with Gasteiger partial charge in [0.15, 0.2) is 0 Å². The summed E-state index contributed by atoms with van der Waals surface area (Å²) in [5.41, 5.74) is 0.918. The van der Waals surface area contributed by atoms with Crippen molar-refractivity contribution in [1.82, 2.24) is 5.32 Å². The van der Waals surface area contributed by atoms with E-state index in [9.17, 15) is 4.79 Å². The molecule has 0 aromatic heterocycles. The number of ether oxygens (including phenoxy) is 1. The van der Waals surface area contributed by atoms with Crippen LogP contribution in [0.3, 0.4) is 0 Å². The molecule has 0 heterocycles. The number of carbonyl (C=O) groups is 1. The van der Waals surface area contributed by atoms with Crippen LogP contribution in [0.25, 0.3) is 0 Å². The van der Waals surface area contributed by atoms with Crippen LogP contribution in [-0.2, 0) is 6.42 Å². The highest BCUT2D eigenvalue weighted by Crippen LogP contribution is 2.13. The summed E-state index contributed by atoms with van der Waals surface area (Å²) in [6.45, 7) is 1.85. The lowest BCUT2D eigenvalue weighted by Gasteiger charge is -2.14. The van der Waals surface area contributed by atoms with E-state index in [4.69, 9.17) is 14.9 Å². The summed E-state index contributed by atoms with van der Waals surface area (Å²) in [6.07, 6.45) is -0.713. The van der Waals surface area contributed by atoms with Crippen molar-refractivity contribution in [1.29, 1.82) is 0 Å². The van der Waals surface area contributed by atoms with Gasteiger partial charge >= 0.3 is 6.09 Å². The third kappa shape index (κ3) is 5.80. The Balaban J connectivity index is 2.54. The number of aliphatic hydroxyl groups is 1. The first kappa shape index (κ1) is 14.9. The summed E-state index contributed by atoms with van der Waals surface area (Å²) in [4.78, 5) is 10.5. The molecule has 1 amide bonds. The van der Waals surface area contributed by atoms with Crippen molar-refractivity contribution in [3.63, 3.8) is 0 Å². The molecule has 0 radical (unpaired) electrons. The minimum Gasteiger partial charge on any atom is -0.481 e. The number of amides is 1. The minimum atomic E-state index is -1.14. The Hall–Kier alpha value is -2.19. The van der Waals surface area contributed by atoms with Crippen molar-refractivity contribution >= 4 is 6.09 Å². The largest absolute Gasteiger partial charge is 0.481 e. The van der Waals surface area contributed by atoms with Gasteiger partial charge in [-0.1, -0.05) is 18.1 Å². The number of aliphatic hydroxyl groups excluding tert-OH is 1. The van der Waals surface area contributed by atoms with E-state index < -0.39 is 12.1 Å². The van der Waals surface area contributed by atoms with E-state index in [1.165, 1.54) is 0 Å². The smallest absolute Gasteiger partial charge is 0.404 e. The van der Waals surface area contributed by atoms with Gasteiger partial charge in [-0.05, 0) is 31.0 Å². The monoisotopic (exact) mass is 263 g/mol. The van der Waals surface area contributed by atoms with Gasteiger partial charge in [0.05, 0.1) is 12.6 Å². The molecule has 1 rings (SSSR count). The van der Waals surface area contributed by atoms with E-state index in [-0.39, 0.29) is 6.61 Å². The van der Waals surface area contributed by atoms with Gasteiger partial charge in [0.2, 0.25) is 0 Å². The highest BCUT2D eigenvalue weighted by molar-refractivity contribution is 5.64. The fourth-order valence-electron chi connectivity index (χ4n) is 1.53. The third-order valence-corrected chi connectivity index (χ3v) is 2.44. The first-order valence-corrected chi connectivity index (χ1v) is 5.87. The maximum absolute atomic E-state index is 10.5. The maximum Gasteiger partial charge on any atom is 0.404 e. The summed E-state index contributed by atoms with van der Waals surface area (Å²) in [6, 6.07) is 6.75. The number of hydrogen-bond donors (Lipinski definition) is 3. The summed E-state index contributed by atoms with van der Waals surface area (Å²) in [5.74, 6) is 6.24. The fraction of sp³-hybridized carbons (Fsp3) is 0.357. The second-order valence-corrected chi connectivity index (χ2v) is 3.89. The lowest BCUT2D eigenvalue weighted by atomic mass is 10.1. The number of rotatable bonds is 6. The van der Waals surface area contributed by atoms with Crippen LogP contribution in [0.2, 0.25) is 0 Å². The van der Waals surface area contributed by atoms with Gasteiger partial charge in [0.1, 0.15) is 12.4 Å². The van der Waals surface area contributed by atoms with E-state index in [1.54, 1.807) is 19.1 Å². The highest BCUT2D eigenvalue weighted by atomic mass is 16.5. The summed E-state index contributed by atoms with van der Waals surface area (Å²) >= 11 is 0. The zero-order valence-corrected chi connectivity index (χ0v) is 10.7. The Kier molecular flexibility index (Phi) is 6.27. The van der Waals surface area contributed by atoms with E-state index in [0.717, 1.165) is 5.56 Å². The van der Waals surface area contributed by atoms with Crippen LogP contribution >= 0.6 is 0 Å². The molecule has 0 aliphatic rings. The molecule has 19 heavy (non-hydrogen) atoms. The molecule has 1 aromatic carbocycles. The van der Waals surface area contributed by atoms with Crippen LogP contribution in [0.5, 0.6) is 5.75 Å². The van der Waals surface area contributed by atoms with Gasteiger partial charge in [-0.2, -0.15) is 0 Å². The lowest BCUT2D eigenvalue weighted by Crippen LogP contribution is -2.38. The SMILES string of the molecule is CC#CCOc1ccc(C[C@@H](CO)NC(=O)O)cc1. The highest BCUT2D eigenvalue weighted by Gasteiger charge is 2.10. The molecule has 0 bridgehead atoms. The van der Waals surface area contributed by atoms with Gasteiger partial charge in [-0.15, -0.1) is 5.92 Å². The van der Waals surface area contributed by atoms with Crippen molar-refractivity contribution in [2.24, 2.45) is 0 Å². The number of hydrogen-bond acceptors (Lipinski definition) is 3. The zero-order valence-electron chi connectivity index (χ0n) is 10.7. The maximum atomic E-state index is 10.5. The summed E-state index contributed by atoms with van der Waals surface area (Å²) in [7, 11) is 0. The molecule has 3 N–H and O–H groups in total. The molecule has 0 fully saturated rings. The van der Waals surface area contributed by atoms with Gasteiger partial charge in [-0.3, -0.25) is 0 Å². The van der Waals surface area contributed by atoms with Crippen LogP contribution in [0, 0.1) is 11.8 Å². The Labute approximate surface area is 112 Å². The van der Waals surface area contributed by atoms with E-state index >= 15 is 0 Å². The standard InChI is InChI=1S/C14H17NO4/c1-2-3-8-19-13-6-4-11(5-7-13)9-12(10-16)15-14(17)18/h4-7,12,15-16H,8-10H2,1H3,(H,17,18)/t12-/m0/s1. The second-order valence-electron chi connectivity index (χ2n) is 3.89. The molecule has 102 valence electrons. The molecular formula is C14H17NO4. The molecule has 0 aliphatic heterocycles.